The highest BCUT2D eigenvalue weighted by Crippen LogP contribution is 2.41. The number of aromatic nitrogens is 1. The van der Waals surface area contributed by atoms with Crippen molar-refractivity contribution >= 4 is 67.7 Å². The van der Waals surface area contributed by atoms with Gasteiger partial charge in [0.1, 0.15) is 12.4 Å². The number of fused-ring (bicyclic) bond motifs is 4. The van der Waals surface area contributed by atoms with Crippen LogP contribution >= 0.6 is 0 Å². The Kier molecular flexibility index (Phi) is 7.06. The molecule has 2 N–H and O–H groups in total. The Balaban J connectivity index is 1.27. The highest BCUT2D eigenvalue weighted by Gasteiger charge is 2.41. The van der Waals surface area contributed by atoms with Crippen LogP contribution in [0.1, 0.15) is 0 Å². The molecule has 0 atom stereocenters. The van der Waals surface area contributed by atoms with Crippen molar-refractivity contribution in [3.8, 4) is 11.4 Å². The maximum absolute atomic E-state index is 6.41. The van der Waals surface area contributed by atoms with E-state index in [-0.39, 0.29) is 0 Å². The number of nitrogens with two attached hydrogens (primary N) is 1. The van der Waals surface area contributed by atoms with E-state index < -0.39 is 8.07 Å². The Labute approximate surface area is 287 Å². The minimum atomic E-state index is -2.68. The largest absolute Gasteiger partial charge is 0.489 e. The highest BCUT2D eigenvalue weighted by molar-refractivity contribution is 7.20. The third kappa shape index (κ3) is 4.66. The van der Waals surface area contributed by atoms with Gasteiger partial charge in [0.15, 0.2) is 8.07 Å². The van der Waals surface area contributed by atoms with E-state index in [1.165, 1.54) is 42.6 Å². The van der Waals surface area contributed by atoms with Crippen LogP contribution in [0.3, 0.4) is 0 Å². The molecule has 0 unspecified atom stereocenters. The molecule has 7 aromatic carbocycles. The summed E-state index contributed by atoms with van der Waals surface area (Å²) in [6.45, 7) is 1.33. The average Bonchev–Trinajstić information content (AvgIpc) is 3.50. The zero-order valence-corrected chi connectivity index (χ0v) is 28.0. The number of para-hydroxylation sites is 3. The molecule has 9 rings (SSSR count). The van der Waals surface area contributed by atoms with Crippen LogP contribution in [0.5, 0.6) is 5.75 Å². The second kappa shape index (κ2) is 11.9. The highest BCUT2D eigenvalue weighted by atomic mass is 28.3. The van der Waals surface area contributed by atoms with Crippen LogP contribution in [-0.4, -0.2) is 25.8 Å². The molecule has 49 heavy (non-hydrogen) atoms. The van der Waals surface area contributed by atoms with E-state index in [1.54, 1.807) is 0 Å². The predicted molar refractivity (Wildman–Crippen MR) is 208 cm³/mol. The van der Waals surface area contributed by atoms with Gasteiger partial charge in [-0.15, -0.1) is 0 Å². The molecule has 0 fully saturated rings. The van der Waals surface area contributed by atoms with Crippen molar-refractivity contribution in [1.29, 1.82) is 0 Å². The van der Waals surface area contributed by atoms with Gasteiger partial charge in [-0.2, -0.15) is 0 Å². The van der Waals surface area contributed by atoms with Crippen molar-refractivity contribution in [3.63, 3.8) is 0 Å². The van der Waals surface area contributed by atoms with Gasteiger partial charge < -0.3 is 19.9 Å². The normalized spacial score (nSPS) is 12.9. The van der Waals surface area contributed by atoms with Gasteiger partial charge in [-0.05, 0) is 57.1 Å². The molecular weight excluding hydrogens is 615 g/mol. The molecule has 0 spiro atoms. The Morgan fingerprint density at radius 1 is 0.490 bits per heavy atom. The Bertz CT molecular complexity index is 2340. The summed E-state index contributed by atoms with van der Waals surface area (Å²) in [6.07, 6.45) is 0. The van der Waals surface area contributed by atoms with Gasteiger partial charge in [0, 0.05) is 16.8 Å². The number of anilines is 3. The second-order valence-corrected chi connectivity index (χ2v) is 16.5. The van der Waals surface area contributed by atoms with Crippen molar-refractivity contribution in [2.75, 3.05) is 23.8 Å². The zero-order chi connectivity index (χ0) is 32.8. The van der Waals surface area contributed by atoms with Crippen molar-refractivity contribution in [2.24, 2.45) is 0 Å². The smallest absolute Gasteiger partial charge is 0.179 e. The lowest BCUT2D eigenvalue weighted by atomic mass is 10.1. The molecule has 8 aromatic rings. The fourth-order valence-electron chi connectivity index (χ4n) is 7.88. The van der Waals surface area contributed by atoms with Crippen LogP contribution in [-0.2, 0) is 0 Å². The molecule has 0 saturated carbocycles. The first-order valence-corrected chi connectivity index (χ1v) is 18.8. The molecule has 0 aliphatic carbocycles. The number of rotatable bonds is 6. The molecule has 0 radical (unpaired) electrons. The first kappa shape index (κ1) is 29.1. The van der Waals surface area contributed by atoms with Crippen LogP contribution in [0.4, 0.5) is 17.1 Å². The van der Waals surface area contributed by atoms with Gasteiger partial charge in [-0.3, -0.25) is 0 Å². The van der Waals surface area contributed by atoms with E-state index in [0.29, 0.717) is 6.61 Å². The molecule has 1 aliphatic heterocycles. The van der Waals surface area contributed by atoms with E-state index in [1.807, 2.05) is 18.2 Å². The van der Waals surface area contributed by atoms with Gasteiger partial charge in [0.2, 0.25) is 0 Å². The minimum Gasteiger partial charge on any atom is -0.489 e. The quantitative estimate of drug-likeness (QED) is 0.117. The maximum atomic E-state index is 6.41. The summed E-state index contributed by atoms with van der Waals surface area (Å²) >= 11 is 0. The predicted octanol–water partition coefficient (Wildman–Crippen LogP) is 7.27. The monoisotopic (exact) mass is 649 g/mol. The number of benzene rings is 7. The van der Waals surface area contributed by atoms with E-state index in [2.05, 4.69) is 167 Å². The standard InChI is InChI=1S/C44H35N3OSi/c45-39-21-11-13-23-42(39)46-28-29-48-44-30-32(24-26-43(44)46)47-40-22-12-10-20-37(40)38-31-36(25-27-41(38)47)49(33-14-4-1-5-15-33,34-16-6-2-7-17-34)35-18-8-3-9-19-35/h1-27,30-31H,28-29,45H2. The lowest BCUT2D eigenvalue weighted by Gasteiger charge is -2.34. The first-order valence-electron chi connectivity index (χ1n) is 16.8. The number of nitrogens with zero attached hydrogens (tertiary/aromatic N) is 2. The summed E-state index contributed by atoms with van der Waals surface area (Å²) in [7, 11) is -2.68. The minimum absolute atomic E-state index is 0.590. The van der Waals surface area contributed by atoms with E-state index >= 15 is 0 Å². The second-order valence-electron chi connectivity index (χ2n) is 12.6. The summed E-state index contributed by atoms with van der Waals surface area (Å²) in [4.78, 5) is 2.26. The molecule has 0 saturated heterocycles. The maximum Gasteiger partial charge on any atom is 0.179 e. The molecule has 2 heterocycles. The molecule has 236 valence electrons. The molecule has 4 nitrogen and oxygen atoms in total. The fourth-order valence-corrected chi connectivity index (χ4v) is 12.7. The van der Waals surface area contributed by atoms with Crippen LogP contribution in [0.2, 0.25) is 0 Å². The van der Waals surface area contributed by atoms with Gasteiger partial charge >= 0.3 is 0 Å². The summed E-state index contributed by atoms with van der Waals surface area (Å²) in [5, 5.41) is 7.93. The molecule has 1 aliphatic rings. The third-order valence-corrected chi connectivity index (χ3v) is 14.8. The Morgan fingerprint density at radius 2 is 1.08 bits per heavy atom. The zero-order valence-electron chi connectivity index (χ0n) is 27.0. The third-order valence-electron chi connectivity index (χ3n) is 10.0. The van der Waals surface area contributed by atoms with Crippen LogP contribution in [0, 0.1) is 0 Å². The summed E-state index contributed by atoms with van der Waals surface area (Å²) in [5.41, 5.74) is 12.6. The molecule has 1 aromatic heterocycles. The summed E-state index contributed by atoms with van der Waals surface area (Å²) in [6, 6.07) is 63.9. The topological polar surface area (TPSA) is 43.4 Å². The van der Waals surface area contributed by atoms with Crippen molar-refractivity contribution in [2.45, 2.75) is 0 Å². The van der Waals surface area contributed by atoms with Gasteiger partial charge in [-0.1, -0.05) is 133 Å². The van der Waals surface area contributed by atoms with Gasteiger partial charge in [0.25, 0.3) is 0 Å². The van der Waals surface area contributed by atoms with E-state index in [9.17, 15) is 0 Å². The van der Waals surface area contributed by atoms with E-state index in [0.717, 1.165) is 35.0 Å². The van der Waals surface area contributed by atoms with Gasteiger partial charge in [0.05, 0.1) is 40.3 Å². The molecule has 5 heteroatoms. The molecular formula is C44H35N3OSi. The van der Waals surface area contributed by atoms with Crippen molar-refractivity contribution in [3.05, 3.63) is 176 Å². The Hall–Kier alpha value is -6.04. The molecule has 0 amide bonds. The number of hydrogen-bond donors (Lipinski definition) is 1. The Morgan fingerprint density at radius 3 is 1.76 bits per heavy atom. The molecule has 0 bridgehead atoms. The first-order chi connectivity index (χ1) is 24.2. The van der Waals surface area contributed by atoms with E-state index in [4.69, 9.17) is 10.5 Å². The van der Waals surface area contributed by atoms with Crippen molar-refractivity contribution in [1.82, 2.24) is 4.57 Å². The van der Waals surface area contributed by atoms with Crippen molar-refractivity contribution < 1.29 is 4.74 Å². The SMILES string of the molecule is Nc1ccccc1N1CCOc2cc(-n3c4ccccc4c4cc([Si](c5ccccc5)(c5ccccc5)c5ccccc5)ccc43)ccc21. The lowest BCUT2D eigenvalue weighted by Crippen LogP contribution is -2.74. The number of ether oxygens (including phenoxy) is 1. The van der Waals surface area contributed by atoms with Crippen LogP contribution in [0.15, 0.2) is 176 Å². The summed E-state index contributed by atoms with van der Waals surface area (Å²) < 4.78 is 8.68. The van der Waals surface area contributed by atoms with Crippen LogP contribution in [0.25, 0.3) is 27.5 Å². The average molecular weight is 650 g/mol. The van der Waals surface area contributed by atoms with Crippen LogP contribution < -0.4 is 36.1 Å². The fraction of sp³-hybridized carbons (Fsp3) is 0.0455. The summed E-state index contributed by atoms with van der Waals surface area (Å²) in [5.74, 6) is 0.859. The number of hydrogen-bond acceptors (Lipinski definition) is 3. The van der Waals surface area contributed by atoms with Gasteiger partial charge in [-0.25, -0.2) is 0 Å². The number of nitrogen functional groups attached to an aromatic ring is 1. The lowest BCUT2D eigenvalue weighted by molar-refractivity contribution is 0.314.